The Balaban J connectivity index is 1.76. The SMILES string of the molecule is CCNCC(C)C(=O)NC(C)C1CC2CCC1C2. The van der Waals surface area contributed by atoms with Crippen LogP contribution in [0.5, 0.6) is 0 Å². The van der Waals surface area contributed by atoms with Crippen molar-refractivity contribution in [2.24, 2.45) is 23.7 Å². The Hall–Kier alpha value is -0.570. The summed E-state index contributed by atoms with van der Waals surface area (Å²) in [5.41, 5.74) is 0. The first kappa shape index (κ1) is 13.9. The number of carbonyl (C=O) groups is 1. The first-order valence-electron chi connectivity index (χ1n) is 7.62. The van der Waals surface area contributed by atoms with Crippen LogP contribution in [0.15, 0.2) is 0 Å². The molecule has 2 N–H and O–H groups in total. The zero-order chi connectivity index (χ0) is 13.1. The van der Waals surface area contributed by atoms with E-state index in [0.717, 1.165) is 30.8 Å². The van der Waals surface area contributed by atoms with Crippen molar-refractivity contribution >= 4 is 5.91 Å². The average Bonchev–Trinajstić information content (AvgIpc) is 2.97. The minimum Gasteiger partial charge on any atom is -0.353 e. The molecule has 2 aliphatic carbocycles. The van der Waals surface area contributed by atoms with E-state index in [0.29, 0.717) is 6.04 Å². The molecule has 0 spiro atoms. The number of amides is 1. The van der Waals surface area contributed by atoms with E-state index in [1.807, 2.05) is 6.92 Å². The summed E-state index contributed by atoms with van der Waals surface area (Å²) < 4.78 is 0. The van der Waals surface area contributed by atoms with Gasteiger partial charge in [0, 0.05) is 18.5 Å². The van der Waals surface area contributed by atoms with Crippen molar-refractivity contribution in [2.45, 2.75) is 52.5 Å². The number of hydrogen-bond donors (Lipinski definition) is 2. The molecule has 0 heterocycles. The van der Waals surface area contributed by atoms with E-state index in [1.54, 1.807) is 0 Å². The summed E-state index contributed by atoms with van der Waals surface area (Å²) in [6.07, 6.45) is 5.58. The smallest absolute Gasteiger partial charge is 0.224 e. The highest BCUT2D eigenvalue weighted by Gasteiger charge is 2.42. The maximum absolute atomic E-state index is 12.1. The summed E-state index contributed by atoms with van der Waals surface area (Å²) in [6.45, 7) is 7.99. The van der Waals surface area contributed by atoms with E-state index in [2.05, 4.69) is 24.5 Å². The lowest BCUT2D eigenvalue weighted by Gasteiger charge is -2.29. The Morgan fingerprint density at radius 2 is 2.06 bits per heavy atom. The Kier molecular flexibility index (Phi) is 4.66. The van der Waals surface area contributed by atoms with Gasteiger partial charge in [0.1, 0.15) is 0 Å². The summed E-state index contributed by atoms with van der Waals surface area (Å²) >= 11 is 0. The zero-order valence-electron chi connectivity index (χ0n) is 12.0. The van der Waals surface area contributed by atoms with Crippen LogP contribution in [0.1, 0.15) is 46.5 Å². The third-order valence-electron chi connectivity index (χ3n) is 4.95. The summed E-state index contributed by atoms with van der Waals surface area (Å²) in [4.78, 5) is 12.1. The van der Waals surface area contributed by atoms with E-state index >= 15 is 0 Å². The first-order chi connectivity index (χ1) is 8.61. The lowest BCUT2D eigenvalue weighted by Crippen LogP contribution is -2.44. The molecule has 2 bridgehead atoms. The highest BCUT2D eigenvalue weighted by atomic mass is 16.1. The fraction of sp³-hybridized carbons (Fsp3) is 0.933. The van der Waals surface area contributed by atoms with Gasteiger partial charge in [-0.1, -0.05) is 20.3 Å². The molecule has 104 valence electrons. The van der Waals surface area contributed by atoms with E-state index < -0.39 is 0 Å². The normalized spacial score (nSPS) is 33.4. The fourth-order valence-corrected chi connectivity index (χ4v) is 3.83. The van der Waals surface area contributed by atoms with E-state index in [-0.39, 0.29) is 11.8 Å². The molecule has 3 nitrogen and oxygen atoms in total. The molecular formula is C15H28N2O. The van der Waals surface area contributed by atoms with Crippen LogP contribution in [0.4, 0.5) is 0 Å². The van der Waals surface area contributed by atoms with Gasteiger partial charge < -0.3 is 10.6 Å². The maximum Gasteiger partial charge on any atom is 0.224 e. The van der Waals surface area contributed by atoms with Crippen LogP contribution in [0.3, 0.4) is 0 Å². The summed E-state index contributed by atoms with van der Waals surface area (Å²) in [5.74, 6) is 2.86. The quantitative estimate of drug-likeness (QED) is 0.760. The van der Waals surface area contributed by atoms with Gasteiger partial charge in [-0.2, -0.15) is 0 Å². The highest BCUT2D eigenvalue weighted by molar-refractivity contribution is 5.78. The number of carbonyl (C=O) groups excluding carboxylic acids is 1. The third kappa shape index (κ3) is 3.05. The van der Waals surface area contributed by atoms with Crippen LogP contribution in [0.25, 0.3) is 0 Å². The zero-order valence-corrected chi connectivity index (χ0v) is 12.0. The van der Waals surface area contributed by atoms with Gasteiger partial charge in [-0.3, -0.25) is 4.79 Å². The van der Waals surface area contributed by atoms with Crippen molar-refractivity contribution in [3.63, 3.8) is 0 Å². The number of nitrogens with one attached hydrogen (secondary N) is 2. The Morgan fingerprint density at radius 1 is 1.28 bits per heavy atom. The summed E-state index contributed by atoms with van der Waals surface area (Å²) in [7, 11) is 0. The van der Waals surface area contributed by atoms with Gasteiger partial charge in [0.2, 0.25) is 5.91 Å². The van der Waals surface area contributed by atoms with Gasteiger partial charge in [-0.25, -0.2) is 0 Å². The second-order valence-electron chi connectivity index (χ2n) is 6.34. The van der Waals surface area contributed by atoms with Crippen molar-refractivity contribution in [2.75, 3.05) is 13.1 Å². The van der Waals surface area contributed by atoms with Gasteiger partial charge in [0.15, 0.2) is 0 Å². The number of fused-ring (bicyclic) bond motifs is 2. The fourth-order valence-electron chi connectivity index (χ4n) is 3.83. The van der Waals surface area contributed by atoms with Crippen molar-refractivity contribution in [3.05, 3.63) is 0 Å². The molecule has 0 aromatic rings. The molecule has 0 aliphatic heterocycles. The molecule has 2 saturated carbocycles. The highest BCUT2D eigenvalue weighted by Crippen LogP contribution is 2.49. The molecule has 2 aliphatic rings. The van der Waals surface area contributed by atoms with Gasteiger partial charge in [-0.05, 0) is 50.5 Å². The first-order valence-corrected chi connectivity index (χ1v) is 7.62. The van der Waals surface area contributed by atoms with Crippen LogP contribution in [-0.2, 0) is 4.79 Å². The molecule has 2 fully saturated rings. The topological polar surface area (TPSA) is 41.1 Å². The van der Waals surface area contributed by atoms with Crippen molar-refractivity contribution in [1.29, 1.82) is 0 Å². The lowest BCUT2D eigenvalue weighted by atomic mass is 9.84. The third-order valence-corrected chi connectivity index (χ3v) is 4.95. The maximum atomic E-state index is 12.1. The summed E-state index contributed by atoms with van der Waals surface area (Å²) in [6, 6.07) is 0.358. The predicted octanol–water partition coefficient (Wildman–Crippen LogP) is 2.17. The molecule has 5 unspecified atom stereocenters. The van der Waals surface area contributed by atoms with E-state index in [4.69, 9.17) is 0 Å². The van der Waals surface area contributed by atoms with Crippen LogP contribution < -0.4 is 10.6 Å². The van der Waals surface area contributed by atoms with E-state index in [1.165, 1.54) is 25.7 Å². The molecule has 18 heavy (non-hydrogen) atoms. The van der Waals surface area contributed by atoms with Gasteiger partial charge in [0.05, 0.1) is 0 Å². The molecule has 0 radical (unpaired) electrons. The average molecular weight is 252 g/mol. The minimum atomic E-state index is 0.0750. The summed E-state index contributed by atoms with van der Waals surface area (Å²) in [5, 5.41) is 6.47. The van der Waals surface area contributed by atoms with Crippen LogP contribution in [0, 0.1) is 23.7 Å². The molecule has 5 atom stereocenters. The van der Waals surface area contributed by atoms with Crippen molar-refractivity contribution in [3.8, 4) is 0 Å². The molecule has 0 saturated heterocycles. The van der Waals surface area contributed by atoms with Gasteiger partial charge in [0.25, 0.3) is 0 Å². The molecule has 2 rings (SSSR count). The molecule has 0 aromatic carbocycles. The molecule has 3 heteroatoms. The standard InChI is InChI=1S/C15H28N2O/c1-4-16-9-10(2)15(18)17-11(3)14-8-12-5-6-13(14)7-12/h10-14,16H,4-9H2,1-3H3,(H,17,18). The number of rotatable bonds is 6. The Morgan fingerprint density at radius 3 is 2.61 bits per heavy atom. The monoisotopic (exact) mass is 252 g/mol. The Bertz CT molecular complexity index is 292. The van der Waals surface area contributed by atoms with Crippen LogP contribution in [0.2, 0.25) is 0 Å². The van der Waals surface area contributed by atoms with Crippen LogP contribution >= 0.6 is 0 Å². The van der Waals surface area contributed by atoms with Crippen molar-refractivity contribution < 1.29 is 4.79 Å². The van der Waals surface area contributed by atoms with Gasteiger partial charge in [-0.15, -0.1) is 0 Å². The second-order valence-corrected chi connectivity index (χ2v) is 6.34. The number of hydrogen-bond acceptors (Lipinski definition) is 2. The Labute approximate surface area is 111 Å². The molecule has 1 amide bonds. The van der Waals surface area contributed by atoms with E-state index in [9.17, 15) is 4.79 Å². The largest absolute Gasteiger partial charge is 0.353 e. The lowest BCUT2D eigenvalue weighted by molar-refractivity contribution is -0.125. The van der Waals surface area contributed by atoms with Crippen LogP contribution in [-0.4, -0.2) is 25.0 Å². The second kappa shape index (κ2) is 6.05. The van der Waals surface area contributed by atoms with Gasteiger partial charge >= 0.3 is 0 Å². The van der Waals surface area contributed by atoms with Crippen molar-refractivity contribution in [1.82, 2.24) is 10.6 Å². The minimum absolute atomic E-state index is 0.0750. The predicted molar refractivity (Wildman–Crippen MR) is 74.3 cm³/mol. The molecule has 0 aromatic heterocycles. The molecular weight excluding hydrogens is 224 g/mol.